The normalized spacial score (nSPS) is 21.8. The van der Waals surface area contributed by atoms with Gasteiger partial charge in [-0.05, 0) is 73.1 Å². The third-order valence-electron chi connectivity index (χ3n) is 10.6. The summed E-state index contributed by atoms with van der Waals surface area (Å²) in [6, 6.07) is 32.1. The van der Waals surface area contributed by atoms with Crippen LogP contribution in [0.3, 0.4) is 0 Å². The highest BCUT2D eigenvalue weighted by atomic mass is 35.5. The van der Waals surface area contributed by atoms with E-state index in [0.717, 1.165) is 23.2 Å². The molecule has 5 aromatic rings. The molecule has 2 amide bonds. The van der Waals surface area contributed by atoms with Crippen LogP contribution in [0.15, 0.2) is 109 Å². The molecule has 10 nitrogen and oxygen atoms in total. The molecule has 0 aliphatic carbocycles. The Kier molecular flexibility index (Phi) is 9.90. The molecule has 2 aliphatic heterocycles. The zero-order valence-electron chi connectivity index (χ0n) is 29.3. The Morgan fingerprint density at radius 3 is 2.40 bits per heavy atom. The van der Waals surface area contributed by atoms with E-state index in [4.69, 9.17) is 16.3 Å². The maximum absolute atomic E-state index is 14.9. The highest BCUT2D eigenvalue weighted by Crippen LogP contribution is 2.60. The fourth-order valence-electron chi connectivity index (χ4n) is 8.22. The van der Waals surface area contributed by atoms with Gasteiger partial charge in [-0.3, -0.25) is 19.2 Å². The average molecular weight is 736 g/mol. The number of rotatable bonds is 12. The molecular weight excluding hydrogens is 694 g/mol. The number of carbonyl (C=O) groups is 2. The number of anilines is 3. The van der Waals surface area contributed by atoms with Gasteiger partial charge in [0.25, 0.3) is 5.91 Å². The van der Waals surface area contributed by atoms with E-state index in [0.29, 0.717) is 40.6 Å². The van der Waals surface area contributed by atoms with Gasteiger partial charge in [0, 0.05) is 46.2 Å². The molecule has 7 rings (SSSR count). The first kappa shape index (κ1) is 35.7. The van der Waals surface area contributed by atoms with Crippen LogP contribution in [0.25, 0.3) is 0 Å². The molecule has 2 N–H and O–H groups in total. The van der Waals surface area contributed by atoms with Crippen molar-refractivity contribution in [1.82, 2.24) is 15.0 Å². The van der Waals surface area contributed by atoms with Gasteiger partial charge in [0.05, 0.1) is 36.6 Å². The molecule has 0 saturated carbocycles. The van der Waals surface area contributed by atoms with Gasteiger partial charge >= 0.3 is 0 Å². The molecule has 5 atom stereocenters. The average Bonchev–Trinajstić information content (AvgIpc) is 3.79. The van der Waals surface area contributed by atoms with Gasteiger partial charge in [0.2, 0.25) is 6.41 Å². The number of benzene rings is 4. The molecule has 1 aromatic heterocycles. The van der Waals surface area contributed by atoms with Gasteiger partial charge < -0.3 is 19.5 Å². The molecule has 1 fully saturated rings. The Balaban J connectivity index is 1.18. The lowest BCUT2D eigenvalue weighted by Gasteiger charge is -2.32. The third kappa shape index (κ3) is 6.48. The Morgan fingerprint density at radius 2 is 1.71 bits per heavy atom. The number of aliphatic hydroxyl groups excluding tert-OH is 1. The number of carbonyl (C=O) groups excluding carboxylic acids is 2. The first-order chi connectivity index (χ1) is 25.0. The van der Waals surface area contributed by atoms with Crippen molar-refractivity contribution in [3.05, 3.63) is 137 Å². The number of nitrogens with zero attached hydrogens (tertiary/aromatic N) is 5. The van der Waals surface area contributed by atoms with Gasteiger partial charge in [-0.1, -0.05) is 84.4 Å². The molecule has 52 heavy (non-hydrogen) atoms. The van der Waals surface area contributed by atoms with Crippen LogP contribution in [0.2, 0.25) is 23.7 Å². The molecule has 268 valence electrons. The number of para-hydroxylation sites is 1. The fraction of sp³-hybridized carbons (Fsp3) is 0.300. The second-order valence-electron chi connectivity index (χ2n) is 14.2. The van der Waals surface area contributed by atoms with Crippen molar-refractivity contribution in [3.8, 4) is 0 Å². The molecular formula is C40H42ClN5O5Si. The number of hydrogen-bond acceptors (Lipinski definition) is 7. The van der Waals surface area contributed by atoms with Crippen LogP contribution in [0.5, 0.6) is 0 Å². The van der Waals surface area contributed by atoms with Crippen molar-refractivity contribution in [3.63, 3.8) is 0 Å². The summed E-state index contributed by atoms with van der Waals surface area (Å²) in [6.45, 7) is 6.38. The van der Waals surface area contributed by atoms with E-state index in [9.17, 15) is 19.5 Å². The summed E-state index contributed by atoms with van der Waals surface area (Å²) in [4.78, 5) is 42.2. The number of fused-ring (bicyclic) bond motifs is 2. The van der Waals surface area contributed by atoms with Gasteiger partial charge in [-0.15, -0.1) is 5.10 Å². The lowest BCUT2D eigenvalue weighted by atomic mass is 9.82. The lowest BCUT2D eigenvalue weighted by molar-refractivity contribution is -0.146. The predicted octanol–water partition coefficient (Wildman–Crippen LogP) is 6.79. The van der Waals surface area contributed by atoms with Gasteiger partial charge in [0.15, 0.2) is 13.9 Å². The van der Waals surface area contributed by atoms with Crippen LogP contribution in [-0.4, -0.2) is 58.2 Å². The second kappa shape index (κ2) is 14.4. The minimum atomic E-state index is -2.91. The Labute approximate surface area is 309 Å². The van der Waals surface area contributed by atoms with Crippen molar-refractivity contribution in [2.75, 3.05) is 16.4 Å². The maximum Gasteiger partial charge on any atom is 0.264 e. The van der Waals surface area contributed by atoms with E-state index >= 15 is 0 Å². The number of hydrogen-bond donors (Lipinski definition) is 2. The fourth-order valence-corrected chi connectivity index (χ4v) is 11.0. The predicted molar refractivity (Wildman–Crippen MR) is 203 cm³/mol. The van der Waals surface area contributed by atoms with E-state index in [1.165, 1.54) is 0 Å². The number of halogens is 1. The van der Waals surface area contributed by atoms with Gasteiger partial charge in [-0.25, -0.2) is 0 Å². The quantitative estimate of drug-likeness (QED) is 0.107. The molecule has 1 unspecified atom stereocenters. The number of amides is 2. The van der Waals surface area contributed by atoms with Crippen molar-refractivity contribution in [1.29, 1.82) is 0 Å². The zero-order valence-corrected chi connectivity index (χ0v) is 31.1. The Bertz CT molecular complexity index is 2060. The number of ether oxygens (including phenoxy) is 1. The van der Waals surface area contributed by atoms with Crippen LogP contribution >= 0.6 is 11.6 Å². The largest absolute Gasteiger partial charge is 0.432 e. The summed E-state index contributed by atoms with van der Waals surface area (Å²) in [7, 11) is -2.91. The topological polar surface area (TPSA) is 121 Å². The van der Waals surface area contributed by atoms with Crippen LogP contribution in [0.4, 0.5) is 17.1 Å². The summed E-state index contributed by atoms with van der Waals surface area (Å²) >= 11 is 6.61. The van der Waals surface area contributed by atoms with E-state index in [-0.39, 0.29) is 36.4 Å². The first-order valence-electron chi connectivity index (χ1n) is 17.5. The van der Waals surface area contributed by atoms with E-state index in [2.05, 4.69) is 10.3 Å². The molecule has 12 heteroatoms. The van der Waals surface area contributed by atoms with Crippen molar-refractivity contribution in [2.24, 2.45) is 5.92 Å². The molecule has 1 saturated heterocycles. The smallest absolute Gasteiger partial charge is 0.264 e. The second-order valence-corrected chi connectivity index (χ2v) is 18.6. The van der Waals surface area contributed by atoms with E-state index < -0.39 is 20.0 Å². The van der Waals surface area contributed by atoms with Crippen molar-refractivity contribution in [2.45, 2.75) is 62.7 Å². The highest BCUT2D eigenvalue weighted by Gasteiger charge is 2.66. The Hall–Kier alpha value is -4.65. The number of aromatic nitrogens is 3. The monoisotopic (exact) mass is 735 g/mol. The van der Waals surface area contributed by atoms with E-state index in [1.807, 2.05) is 123 Å². The minimum Gasteiger partial charge on any atom is -0.432 e. The van der Waals surface area contributed by atoms with Gasteiger partial charge in [0.1, 0.15) is 0 Å². The van der Waals surface area contributed by atoms with Gasteiger partial charge in [-0.2, -0.15) is 0 Å². The van der Waals surface area contributed by atoms with Crippen molar-refractivity contribution < 1.29 is 24.2 Å². The van der Waals surface area contributed by atoms with E-state index in [1.54, 1.807) is 20.5 Å². The van der Waals surface area contributed by atoms with Crippen LogP contribution in [-0.2, 0) is 33.0 Å². The zero-order chi connectivity index (χ0) is 36.6. The first-order valence-corrected chi connectivity index (χ1v) is 20.9. The lowest BCUT2D eigenvalue weighted by Crippen LogP contribution is -2.46. The van der Waals surface area contributed by atoms with Crippen molar-refractivity contribution >= 4 is 49.3 Å². The summed E-state index contributed by atoms with van der Waals surface area (Å²) in [5.74, 6) is -0.876. The molecule has 4 aromatic carbocycles. The summed E-state index contributed by atoms with van der Waals surface area (Å²) in [5, 5.41) is 19.4. The maximum atomic E-state index is 14.9. The van der Waals surface area contributed by atoms with Crippen LogP contribution in [0, 0.1) is 5.92 Å². The van der Waals surface area contributed by atoms with Crippen LogP contribution < -0.4 is 9.80 Å². The summed E-state index contributed by atoms with van der Waals surface area (Å²) < 4.78 is 8.73. The molecule has 3 heterocycles. The van der Waals surface area contributed by atoms with Crippen LogP contribution in [0.1, 0.15) is 41.6 Å². The molecule has 2 aliphatic rings. The number of aryl methyl sites for hydroxylation is 1. The molecule has 1 spiro atoms. The standard InChI is InChI=1S/C40H42ClN5O5Si/c1-27-38(52(2,3)50)37(19-20-44-24-35(42-43-44)33(25-47)29-12-6-4-7-13-29)51-40(27)34-22-30(41)17-18-36(34)45(39(40)49)23-28-11-10-16-32(21-28)46(26-48)31-14-8-5-9-15-31/h4-18,21-22,24,26-27,33,37-38,47,50H,19-20,23,25H2,1-3H3/t27-,33?,37+,38-,40+/m1/s1. The highest BCUT2D eigenvalue weighted by molar-refractivity contribution is 6.71. The number of aliphatic hydroxyl groups is 1. The minimum absolute atomic E-state index is 0.103. The third-order valence-corrected chi connectivity index (χ3v) is 13.3. The molecule has 0 bridgehead atoms. The molecule has 0 radical (unpaired) electrons. The summed E-state index contributed by atoms with van der Waals surface area (Å²) in [5.41, 5.74) is 3.61. The Morgan fingerprint density at radius 1 is 1.00 bits per heavy atom. The summed E-state index contributed by atoms with van der Waals surface area (Å²) in [6.07, 6.45) is 2.65. The SMILES string of the molecule is C[C@@H]1[C@@H]([Si](C)(C)O)[C@H](CCn2cc(C(CO)c3ccccc3)nn2)O[C@@]12C(=O)N(Cc1cccc(N(C=O)c3ccccc3)c1)c1ccc(Cl)cc12.